The lowest BCUT2D eigenvalue weighted by Crippen LogP contribution is -2.24. The van der Waals surface area contributed by atoms with Crippen molar-refractivity contribution in [2.45, 2.75) is 23.2 Å². The summed E-state index contributed by atoms with van der Waals surface area (Å²) in [5.41, 5.74) is 0.196. The molecule has 0 bridgehead atoms. The van der Waals surface area contributed by atoms with E-state index in [2.05, 4.69) is 4.74 Å². The monoisotopic (exact) mass is 372 g/mol. The Labute approximate surface area is 140 Å². The molecule has 10 heteroatoms. The average Bonchev–Trinajstić information content (AvgIpc) is 2.85. The highest BCUT2D eigenvalue weighted by Crippen LogP contribution is 2.40. The molecule has 1 N–H and O–H groups in total. The molecule has 0 spiro atoms. The van der Waals surface area contributed by atoms with Crippen molar-refractivity contribution < 1.29 is 41.3 Å². The summed E-state index contributed by atoms with van der Waals surface area (Å²) in [6.07, 6.45) is -1.64. The third-order valence-corrected chi connectivity index (χ3v) is 5.29. The topological polar surface area (TPSA) is 99.1 Å². The second kappa shape index (κ2) is 5.88. The number of fused-ring (bicyclic) bond motifs is 1. The highest BCUT2D eigenvalue weighted by atomic mass is 32.2. The van der Waals surface area contributed by atoms with Crippen LogP contribution < -0.4 is 9.47 Å². The highest BCUT2D eigenvalue weighted by molar-refractivity contribution is 7.91. The molecule has 0 amide bonds. The average molecular weight is 372 g/mol. The molecule has 1 atom stereocenters. The first-order valence-electron chi connectivity index (χ1n) is 6.76. The summed E-state index contributed by atoms with van der Waals surface area (Å²) in [5.74, 6) is -2.16. The Morgan fingerprint density at radius 2 is 1.76 bits per heavy atom. The summed E-state index contributed by atoms with van der Waals surface area (Å²) >= 11 is 0. The van der Waals surface area contributed by atoms with Crippen molar-refractivity contribution >= 4 is 16.0 Å². The van der Waals surface area contributed by atoms with E-state index in [0.29, 0.717) is 6.07 Å². The fourth-order valence-electron chi connectivity index (χ4n) is 2.29. The fourth-order valence-corrected chi connectivity index (χ4v) is 3.83. The van der Waals surface area contributed by atoms with Crippen molar-refractivity contribution in [2.24, 2.45) is 0 Å². The molecule has 0 radical (unpaired) electrons. The highest BCUT2D eigenvalue weighted by Gasteiger charge is 2.32. The van der Waals surface area contributed by atoms with Crippen molar-refractivity contribution in [3.8, 4) is 11.5 Å². The van der Waals surface area contributed by atoms with E-state index in [1.54, 1.807) is 0 Å². The Kier molecular flexibility index (Phi) is 3.99. The summed E-state index contributed by atoms with van der Waals surface area (Å²) in [6.45, 7) is -0.143. The Morgan fingerprint density at radius 3 is 2.36 bits per heavy atom. The first-order valence-corrected chi connectivity index (χ1v) is 8.24. The van der Waals surface area contributed by atoms with E-state index in [1.807, 2.05) is 0 Å². The maximum atomic E-state index is 13.9. The predicted octanol–water partition coefficient (Wildman–Crippen LogP) is 2.86. The third-order valence-electron chi connectivity index (χ3n) is 3.36. The van der Waals surface area contributed by atoms with Gasteiger partial charge < -0.3 is 19.3 Å². The normalized spacial score (nSPS) is 15.9. The zero-order chi connectivity index (χ0) is 18.4. The van der Waals surface area contributed by atoms with E-state index in [-0.39, 0.29) is 22.0 Å². The first-order chi connectivity index (χ1) is 11.7. The van der Waals surface area contributed by atoms with Gasteiger partial charge in [-0.05, 0) is 30.7 Å². The summed E-state index contributed by atoms with van der Waals surface area (Å²) < 4.78 is 66.6. The number of ether oxygens (including phenoxy) is 3. The van der Waals surface area contributed by atoms with Crippen molar-refractivity contribution in [1.29, 1.82) is 0 Å². The minimum absolute atomic E-state index is 0.0716. The molecule has 1 aliphatic rings. The molecule has 0 saturated heterocycles. The van der Waals surface area contributed by atoms with Crippen LogP contribution in [0.2, 0.25) is 0 Å². The smallest absolute Gasteiger partial charge is 0.450 e. The van der Waals surface area contributed by atoms with Gasteiger partial charge in [-0.25, -0.2) is 22.0 Å². The third kappa shape index (κ3) is 3.07. The summed E-state index contributed by atoms with van der Waals surface area (Å²) in [7, 11) is -4.31. The van der Waals surface area contributed by atoms with Crippen molar-refractivity contribution in [3.63, 3.8) is 0 Å². The maximum absolute atomic E-state index is 13.9. The molecule has 0 aliphatic carbocycles. The number of sulfone groups is 1. The van der Waals surface area contributed by atoms with Gasteiger partial charge in [0.2, 0.25) is 9.84 Å². The van der Waals surface area contributed by atoms with Gasteiger partial charge in [-0.15, -0.1) is 0 Å². The van der Waals surface area contributed by atoms with Crippen LogP contribution in [0.5, 0.6) is 11.5 Å². The molecule has 2 aromatic carbocycles. The SMILES string of the molecule is Cc1cc2c(cc1S(=O)(=O)c1ccc(F)cc1F)OC(OC(=O)O)O2. The van der Waals surface area contributed by atoms with E-state index >= 15 is 0 Å². The molecule has 0 fully saturated rings. The van der Waals surface area contributed by atoms with E-state index < -0.39 is 39.0 Å². The zero-order valence-electron chi connectivity index (χ0n) is 12.5. The second-order valence-corrected chi connectivity index (χ2v) is 6.94. The van der Waals surface area contributed by atoms with Crippen molar-refractivity contribution in [3.05, 3.63) is 47.5 Å². The van der Waals surface area contributed by atoms with Crippen LogP contribution in [0.3, 0.4) is 0 Å². The van der Waals surface area contributed by atoms with Crippen LogP contribution in [-0.4, -0.2) is 26.2 Å². The Hall–Kier alpha value is -2.88. The van der Waals surface area contributed by atoms with Crippen LogP contribution in [0.4, 0.5) is 13.6 Å². The summed E-state index contributed by atoms with van der Waals surface area (Å²) in [5, 5.41) is 8.54. The van der Waals surface area contributed by atoms with Gasteiger partial charge in [0.15, 0.2) is 11.5 Å². The Balaban J connectivity index is 2.03. The molecule has 132 valence electrons. The number of hydrogen-bond donors (Lipinski definition) is 1. The summed E-state index contributed by atoms with van der Waals surface area (Å²) in [4.78, 5) is 9.50. The zero-order valence-corrected chi connectivity index (χ0v) is 13.3. The number of carbonyl (C=O) groups is 1. The van der Waals surface area contributed by atoms with Crippen LogP contribution in [0.1, 0.15) is 5.56 Å². The van der Waals surface area contributed by atoms with Crippen molar-refractivity contribution in [2.75, 3.05) is 0 Å². The van der Waals surface area contributed by atoms with E-state index in [1.165, 1.54) is 13.0 Å². The molecule has 1 aliphatic heterocycles. The van der Waals surface area contributed by atoms with E-state index in [0.717, 1.165) is 18.2 Å². The first kappa shape index (κ1) is 17.0. The number of rotatable bonds is 3. The van der Waals surface area contributed by atoms with Gasteiger partial charge in [0, 0.05) is 12.1 Å². The Bertz CT molecular complexity index is 972. The molecule has 1 unspecified atom stereocenters. The van der Waals surface area contributed by atoms with Gasteiger partial charge >= 0.3 is 12.6 Å². The number of halogens is 2. The van der Waals surface area contributed by atoms with Crippen LogP contribution in [0.25, 0.3) is 0 Å². The lowest BCUT2D eigenvalue weighted by Gasteiger charge is -2.09. The quantitative estimate of drug-likeness (QED) is 0.653. The second-order valence-electron chi connectivity index (χ2n) is 5.05. The largest absolute Gasteiger partial charge is 0.511 e. The standard InChI is InChI=1S/C15H10F2O7S/c1-7-4-10-11(23-15(22-10)24-14(18)19)6-13(7)25(20,21)12-3-2-8(16)5-9(12)17/h2-6,15H,1H3,(H,18,19). The molecule has 2 aromatic rings. The molecule has 3 rings (SSSR count). The minimum atomic E-state index is -4.31. The molecule has 1 heterocycles. The van der Waals surface area contributed by atoms with Crippen LogP contribution in [0, 0.1) is 18.6 Å². The molecule has 25 heavy (non-hydrogen) atoms. The minimum Gasteiger partial charge on any atom is -0.450 e. The summed E-state index contributed by atoms with van der Waals surface area (Å²) in [6, 6.07) is 4.46. The lowest BCUT2D eigenvalue weighted by molar-refractivity contribution is -0.147. The fraction of sp³-hybridized carbons (Fsp3) is 0.133. The molecule has 0 saturated carbocycles. The van der Waals surface area contributed by atoms with Crippen LogP contribution >= 0.6 is 0 Å². The number of hydrogen-bond acceptors (Lipinski definition) is 6. The van der Waals surface area contributed by atoms with Gasteiger partial charge in [0.25, 0.3) is 0 Å². The Morgan fingerprint density at radius 1 is 1.12 bits per heavy atom. The van der Waals surface area contributed by atoms with Gasteiger partial charge in [0.05, 0.1) is 4.90 Å². The van der Waals surface area contributed by atoms with Gasteiger partial charge in [-0.2, -0.15) is 0 Å². The lowest BCUT2D eigenvalue weighted by atomic mass is 10.2. The predicted molar refractivity (Wildman–Crippen MR) is 77.1 cm³/mol. The van der Waals surface area contributed by atoms with E-state index in [9.17, 15) is 22.0 Å². The maximum Gasteiger partial charge on any atom is 0.511 e. The van der Waals surface area contributed by atoms with Crippen LogP contribution in [0.15, 0.2) is 40.1 Å². The number of carboxylic acid groups (broad SMARTS) is 1. The molecular formula is C15H10F2O7S. The number of aryl methyl sites for hydroxylation is 1. The van der Waals surface area contributed by atoms with Crippen LogP contribution in [-0.2, 0) is 14.6 Å². The molecule has 0 aromatic heterocycles. The van der Waals surface area contributed by atoms with E-state index in [4.69, 9.17) is 14.6 Å². The number of benzene rings is 2. The van der Waals surface area contributed by atoms with Gasteiger partial charge in [0.1, 0.15) is 16.5 Å². The van der Waals surface area contributed by atoms with Gasteiger partial charge in [-0.3, -0.25) is 0 Å². The van der Waals surface area contributed by atoms with Gasteiger partial charge in [-0.1, -0.05) is 0 Å². The molecular weight excluding hydrogens is 362 g/mol. The molecule has 7 nitrogen and oxygen atoms in total. The van der Waals surface area contributed by atoms with Crippen molar-refractivity contribution in [1.82, 2.24) is 0 Å².